The van der Waals surface area contributed by atoms with Gasteiger partial charge in [-0.1, -0.05) is 43.5 Å². The van der Waals surface area contributed by atoms with Gasteiger partial charge in [-0.3, -0.25) is 4.79 Å². The Bertz CT molecular complexity index is 496. The van der Waals surface area contributed by atoms with Crippen LogP contribution in [0.25, 0.3) is 0 Å². The molecule has 1 saturated carbocycles. The van der Waals surface area contributed by atoms with E-state index >= 15 is 0 Å². The quantitative estimate of drug-likeness (QED) is 0.779. The molecule has 0 heterocycles. The topological polar surface area (TPSA) is 78.4 Å². The van der Waals surface area contributed by atoms with E-state index in [-0.39, 0.29) is 18.5 Å². The number of hydrogen-bond donors (Lipinski definition) is 3. The normalized spacial score (nSPS) is 15.4. The van der Waals surface area contributed by atoms with Crippen molar-refractivity contribution in [3.8, 4) is 0 Å². The molecule has 2 rings (SSSR count). The van der Waals surface area contributed by atoms with Gasteiger partial charge in [-0.15, -0.1) is 0 Å². The first-order chi connectivity index (χ1) is 10.1. The summed E-state index contributed by atoms with van der Waals surface area (Å²) in [5.41, 5.74) is 1.58. The molecular weight excluding hydrogens is 268 g/mol. The van der Waals surface area contributed by atoms with Crippen molar-refractivity contribution in [1.82, 2.24) is 10.6 Å². The summed E-state index contributed by atoms with van der Waals surface area (Å²) >= 11 is 0. The van der Waals surface area contributed by atoms with Gasteiger partial charge in [-0.2, -0.15) is 0 Å². The summed E-state index contributed by atoms with van der Waals surface area (Å²) in [6, 6.07) is 7.38. The Hall–Kier alpha value is -2.04. The molecule has 0 aromatic heterocycles. The minimum absolute atomic E-state index is 0.0257. The Balaban J connectivity index is 1.84. The van der Waals surface area contributed by atoms with Gasteiger partial charge in [0, 0.05) is 12.6 Å². The molecule has 0 unspecified atom stereocenters. The lowest BCUT2D eigenvalue weighted by molar-refractivity contribution is -0.136. The van der Waals surface area contributed by atoms with Crippen LogP contribution in [0.4, 0.5) is 4.79 Å². The Morgan fingerprint density at radius 2 is 1.76 bits per heavy atom. The summed E-state index contributed by atoms with van der Waals surface area (Å²) in [5, 5.41) is 14.7. The first kappa shape index (κ1) is 15.4. The largest absolute Gasteiger partial charge is 0.481 e. The first-order valence-corrected chi connectivity index (χ1v) is 7.48. The lowest BCUT2D eigenvalue weighted by atomic mass is 9.96. The van der Waals surface area contributed by atoms with Gasteiger partial charge < -0.3 is 15.7 Å². The molecule has 1 fully saturated rings. The second-order valence-electron chi connectivity index (χ2n) is 5.50. The monoisotopic (exact) mass is 290 g/mol. The van der Waals surface area contributed by atoms with Crippen LogP contribution in [-0.2, 0) is 17.8 Å². The number of hydrogen-bond acceptors (Lipinski definition) is 2. The Morgan fingerprint density at radius 3 is 2.43 bits per heavy atom. The molecule has 1 aliphatic carbocycles. The number of carboxylic acids is 1. The zero-order valence-electron chi connectivity index (χ0n) is 12.1. The van der Waals surface area contributed by atoms with Crippen molar-refractivity contribution < 1.29 is 14.7 Å². The van der Waals surface area contributed by atoms with Crippen molar-refractivity contribution in [2.75, 3.05) is 0 Å². The van der Waals surface area contributed by atoms with Crippen LogP contribution in [0.1, 0.15) is 43.2 Å². The molecule has 0 atom stereocenters. The van der Waals surface area contributed by atoms with Gasteiger partial charge in [-0.25, -0.2) is 4.79 Å². The van der Waals surface area contributed by atoms with E-state index < -0.39 is 5.97 Å². The van der Waals surface area contributed by atoms with Gasteiger partial charge in [-0.05, 0) is 24.0 Å². The first-order valence-electron chi connectivity index (χ1n) is 7.48. The third-order valence-corrected chi connectivity index (χ3v) is 3.84. The molecule has 0 bridgehead atoms. The lowest BCUT2D eigenvalue weighted by Gasteiger charge is -2.23. The summed E-state index contributed by atoms with van der Waals surface area (Å²) < 4.78 is 0. The highest BCUT2D eigenvalue weighted by Gasteiger charge is 2.15. The van der Waals surface area contributed by atoms with Crippen molar-refractivity contribution >= 4 is 12.0 Å². The predicted molar refractivity (Wildman–Crippen MR) is 80.0 cm³/mol. The van der Waals surface area contributed by atoms with Crippen LogP contribution in [-0.4, -0.2) is 23.1 Å². The molecule has 1 aromatic carbocycles. The summed E-state index contributed by atoms with van der Waals surface area (Å²) in [6.07, 6.45) is 5.66. The van der Waals surface area contributed by atoms with Crippen molar-refractivity contribution in [2.45, 2.75) is 51.1 Å². The van der Waals surface area contributed by atoms with Gasteiger partial charge in [0.25, 0.3) is 0 Å². The Labute approximate surface area is 124 Å². The maximum absolute atomic E-state index is 11.9. The summed E-state index contributed by atoms with van der Waals surface area (Å²) in [7, 11) is 0. The minimum Gasteiger partial charge on any atom is -0.481 e. The smallest absolute Gasteiger partial charge is 0.315 e. The summed E-state index contributed by atoms with van der Waals surface area (Å²) in [5.74, 6) is -0.867. The molecule has 1 aliphatic rings. The van der Waals surface area contributed by atoms with Gasteiger partial charge in [0.15, 0.2) is 0 Å². The van der Waals surface area contributed by atoms with Crippen LogP contribution in [0.2, 0.25) is 0 Å². The molecule has 3 N–H and O–H groups in total. The molecule has 21 heavy (non-hydrogen) atoms. The van der Waals surface area contributed by atoms with E-state index in [1.54, 1.807) is 6.07 Å². The number of amides is 2. The summed E-state index contributed by atoms with van der Waals surface area (Å²) in [6.45, 7) is 0.349. The Morgan fingerprint density at radius 1 is 1.10 bits per heavy atom. The third-order valence-electron chi connectivity index (χ3n) is 3.84. The van der Waals surface area contributed by atoms with Crippen LogP contribution >= 0.6 is 0 Å². The molecule has 5 heteroatoms. The highest BCUT2D eigenvalue weighted by atomic mass is 16.4. The predicted octanol–water partition coefficient (Wildman–Crippen LogP) is 2.45. The molecule has 0 spiro atoms. The van der Waals surface area contributed by atoms with E-state index in [2.05, 4.69) is 10.6 Å². The molecule has 1 aromatic rings. The van der Waals surface area contributed by atoms with E-state index in [0.717, 1.165) is 24.0 Å². The average molecular weight is 290 g/mol. The van der Waals surface area contributed by atoms with Crippen molar-refractivity contribution in [1.29, 1.82) is 0 Å². The lowest BCUT2D eigenvalue weighted by Crippen LogP contribution is -2.42. The van der Waals surface area contributed by atoms with Crippen LogP contribution in [0.15, 0.2) is 24.3 Å². The Kier molecular flexibility index (Phi) is 5.60. The second kappa shape index (κ2) is 7.67. The molecule has 0 saturated heterocycles. The molecule has 2 amide bonds. The van der Waals surface area contributed by atoms with Gasteiger partial charge in [0.1, 0.15) is 0 Å². The number of aliphatic carboxylic acids is 1. The standard InChI is InChI=1S/C16H22N2O3/c19-15(20)10-12-6-4-5-7-13(12)11-17-16(21)18-14-8-2-1-3-9-14/h4-7,14H,1-3,8-11H2,(H,19,20)(H2,17,18,21). The van der Waals surface area contributed by atoms with Gasteiger partial charge >= 0.3 is 12.0 Å². The number of benzene rings is 1. The second-order valence-corrected chi connectivity index (χ2v) is 5.50. The van der Waals surface area contributed by atoms with E-state index in [9.17, 15) is 9.59 Å². The number of carbonyl (C=O) groups excluding carboxylic acids is 1. The van der Waals surface area contributed by atoms with Crippen molar-refractivity contribution in [2.24, 2.45) is 0 Å². The zero-order chi connectivity index (χ0) is 15.1. The van der Waals surface area contributed by atoms with Crippen molar-refractivity contribution in [3.63, 3.8) is 0 Å². The number of nitrogens with one attached hydrogen (secondary N) is 2. The van der Waals surface area contributed by atoms with Gasteiger partial charge in [0.05, 0.1) is 6.42 Å². The number of rotatable bonds is 5. The van der Waals surface area contributed by atoms with Crippen LogP contribution in [0.5, 0.6) is 0 Å². The number of carboxylic acid groups (broad SMARTS) is 1. The van der Waals surface area contributed by atoms with E-state index in [0.29, 0.717) is 6.54 Å². The maximum atomic E-state index is 11.9. The van der Waals surface area contributed by atoms with E-state index in [1.807, 2.05) is 18.2 Å². The van der Waals surface area contributed by atoms with Crippen LogP contribution in [0, 0.1) is 0 Å². The maximum Gasteiger partial charge on any atom is 0.315 e. The minimum atomic E-state index is -0.867. The molecule has 5 nitrogen and oxygen atoms in total. The van der Waals surface area contributed by atoms with E-state index in [4.69, 9.17) is 5.11 Å². The van der Waals surface area contributed by atoms with Crippen molar-refractivity contribution in [3.05, 3.63) is 35.4 Å². The molecular formula is C16H22N2O3. The third kappa shape index (κ3) is 5.10. The molecule has 0 aliphatic heterocycles. The fourth-order valence-corrected chi connectivity index (χ4v) is 2.72. The highest BCUT2D eigenvalue weighted by Crippen LogP contribution is 2.17. The van der Waals surface area contributed by atoms with Gasteiger partial charge in [0.2, 0.25) is 0 Å². The molecule has 114 valence electrons. The fourth-order valence-electron chi connectivity index (χ4n) is 2.72. The average Bonchev–Trinajstić information content (AvgIpc) is 2.47. The van der Waals surface area contributed by atoms with E-state index in [1.165, 1.54) is 19.3 Å². The zero-order valence-corrected chi connectivity index (χ0v) is 12.1. The van der Waals surface area contributed by atoms with Crippen LogP contribution < -0.4 is 10.6 Å². The number of urea groups is 1. The SMILES string of the molecule is O=C(O)Cc1ccccc1CNC(=O)NC1CCCCC1. The number of carbonyl (C=O) groups is 2. The van der Waals surface area contributed by atoms with Crippen LogP contribution in [0.3, 0.4) is 0 Å². The highest BCUT2D eigenvalue weighted by molar-refractivity contribution is 5.74. The fraction of sp³-hybridized carbons (Fsp3) is 0.500. The molecule has 0 radical (unpaired) electrons. The summed E-state index contributed by atoms with van der Waals surface area (Å²) in [4.78, 5) is 22.7.